The first kappa shape index (κ1) is 11.9. The topological polar surface area (TPSA) is 18.8 Å². The molecule has 1 saturated heterocycles. The van der Waals surface area contributed by atoms with E-state index in [2.05, 4.69) is 62.8 Å². The van der Waals surface area contributed by atoms with E-state index in [1.54, 1.807) is 0 Å². The number of piperazine rings is 1. The highest BCUT2D eigenvalue weighted by molar-refractivity contribution is 14.1. The van der Waals surface area contributed by atoms with Crippen molar-refractivity contribution in [2.45, 2.75) is 0 Å². The molecule has 86 valence electrons. The van der Waals surface area contributed by atoms with Crippen LogP contribution < -0.4 is 0 Å². The molecule has 0 amide bonds. The third-order valence-electron chi connectivity index (χ3n) is 2.75. The molecule has 1 aliphatic rings. The Morgan fingerprint density at radius 3 is 2.56 bits per heavy atom. The SMILES string of the molecule is CN1CCN(N=Cc2ccccc2I)CC1. The molecule has 0 atom stereocenters. The van der Waals surface area contributed by atoms with Gasteiger partial charge in [-0.3, -0.25) is 5.01 Å². The second kappa shape index (κ2) is 5.63. The average molecular weight is 329 g/mol. The van der Waals surface area contributed by atoms with Crippen molar-refractivity contribution in [3.63, 3.8) is 0 Å². The molecule has 1 aliphatic heterocycles. The van der Waals surface area contributed by atoms with Gasteiger partial charge in [-0.05, 0) is 35.7 Å². The quantitative estimate of drug-likeness (QED) is 0.609. The van der Waals surface area contributed by atoms with E-state index in [0.717, 1.165) is 26.2 Å². The lowest BCUT2D eigenvalue weighted by atomic mass is 10.2. The van der Waals surface area contributed by atoms with E-state index < -0.39 is 0 Å². The number of benzene rings is 1. The Balaban J connectivity index is 1.97. The molecule has 1 heterocycles. The van der Waals surface area contributed by atoms with Crippen LogP contribution in [0, 0.1) is 3.57 Å². The Bertz CT molecular complexity index is 370. The van der Waals surface area contributed by atoms with Crippen molar-refractivity contribution >= 4 is 28.8 Å². The molecule has 0 spiro atoms. The third-order valence-corrected chi connectivity index (χ3v) is 3.73. The van der Waals surface area contributed by atoms with Crippen molar-refractivity contribution in [2.24, 2.45) is 5.10 Å². The maximum Gasteiger partial charge on any atom is 0.0553 e. The van der Waals surface area contributed by atoms with Crippen LogP contribution in [0.25, 0.3) is 0 Å². The van der Waals surface area contributed by atoms with Crippen LogP contribution >= 0.6 is 22.6 Å². The minimum Gasteiger partial charge on any atom is -0.303 e. The first-order chi connectivity index (χ1) is 7.75. The standard InChI is InChI=1S/C12H16IN3/c1-15-6-8-16(9-7-15)14-10-11-4-2-3-5-12(11)13/h2-5,10H,6-9H2,1H3. The van der Waals surface area contributed by atoms with Crippen molar-refractivity contribution < 1.29 is 0 Å². The highest BCUT2D eigenvalue weighted by Crippen LogP contribution is 2.09. The van der Waals surface area contributed by atoms with Crippen LogP contribution in [-0.2, 0) is 0 Å². The minimum atomic E-state index is 1.02. The molecule has 1 aromatic rings. The lowest BCUT2D eigenvalue weighted by molar-refractivity contribution is 0.159. The molecule has 0 unspecified atom stereocenters. The van der Waals surface area contributed by atoms with Crippen LogP contribution in [0.15, 0.2) is 29.4 Å². The smallest absolute Gasteiger partial charge is 0.0553 e. The third kappa shape index (κ3) is 3.18. The van der Waals surface area contributed by atoms with Gasteiger partial charge < -0.3 is 4.90 Å². The summed E-state index contributed by atoms with van der Waals surface area (Å²) in [5.74, 6) is 0. The zero-order valence-corrected chi connectivity index (χ0v) is 11.6. The summed E-state index contributed by atoms with van der Waals surface area (Å²) in [5.41, 5.74) is 1.20. The van der Waals surface area contributed by atoms with E-state index in [1.165, 1.54) is 9.13 Å². The molecular formula is C12H16IN3. The van der Waals surface area contributed by atoms with E-state index in [-0.39, 0.29) is 0 Å². The summed E-state index contributed by atoms with van der Waals surface area (Å²) in [6.07, 6.45) is 1.97. The van der Waals surface area contributed by atoms with Gasteiger partial charge in [0, 0.05) is 35.3 Å². The monoisotopic (exact) mass is 329 g/mol. The van der Waals surface area contributed by atoms with Crippen LogP contribution in [0.4, 0.5) is 0 Å². The normalized spacial score (nSPS) is 18.2. The summed E-state index contributed by atoms with van der Waals surface area (Å²) < 4.78 is 1.25. The van der Waals surface area contributed by atoms with Crippen molar-refractivity contribution in [1.29, 1.82) is 0 Å². The number of rotatable bonds is 2. The van der Waals surface area contributed by atoms with Crippen LogP contribution in [0.5, 0.6) is 0 Å². The average Bonchev–Trinajstić information content (AvgIpc) is 2.30. The van der Waals surface area contributed by atoms with E-state index in [1.807, 2.05) is 12.3 Å². The number of halogens is 1. The van der Waals surface area contributed by atoms with E-state index in [9.17, 15) is 0 Å². The van der Waals surface area contributed by atoms with Gasteiger partial charge >= 0.3 is 0 Å². The molecule has 0 saturated carbocycles. The Hall–Kier alpha value is -0.620. The zero-order chi connectivity index (χ0) is 11.4. The zero-order valence-electron chi connectivity index (χ0n) is 9.43. The summed E-state index contributed by atoms with van der Waals surface area (Å²) >= 11 is 2.34. The number of nitrogens with zero attached hydrogens (tertiary/aromatic N) is 3. The van der Waals surface area contributed by atoms with Gasteiger partial charge in [0.05, 0.1) is 6.21 Å². The molecule has 2 rings (SSSR count). The van der Waals surface area contributed by atoms with Crippen LogP contribution in [0.3, 0.4) is 0 Å². The molecule has 0 aliphatic carbocycles. The van der Waals surface area contributed by atoms with Crippen molar-refractivity contribution in [3.8, 4) is 0 Å². The lowest BCUT2D eigenvalue weighted by Gasteiger charge is -2.30. The van der Waals surface area contributed by atoms with Gasteiger partial charge in [-0.15, -0.1) is 0 Å². The highest BCUT2D eigenvalue weighted by atomic mass is 127. The molecule has 1 aromatic carbocycles. The number of likely N-dealkylation sites (N-methyl/N-ethyl adjacent to an activating group) is 1. The summed E-state index contributed by atoms with van der Waals surface area (Å²) in [6.45, 7) is 4.25. The Kier molecular flexibility index (Phi) is 4.17. The fraction of sp³-hybridized carbons (Fsp3) is 0.417. The maximum absolute atomic E-state index is 4.53. The largest absolute Gasteiger partial charge is 0.303 e. The predicted octanol–water partition coefficient (Wildman–Crippen LogP) is 1.87. The molecule has 0 aromatic heterocycles. The van der Waals surface area contributed by atoms with Crippen molar-refractivity contribution in [3.05, 3.63) is 33.4 Å². The molecule has 16 heavy (non-hydrogen) atoms. The fourth-order valence-corrected chi connectivity index (χ4v) is 2.16. The van der Waals surface area contributed by atoms with E-state index in [0.29, 0.717) is 0 Å². The van der Waals surface area contributed by atoms with Gasteiger partial charge in [-0.25, -0.2) is 0 Å². The van der Waals surface area contributed by atoms with Gasteiger partial charge in [0.1, 0.15) is 0 Å². The summed E-state index contributed by atoms with van der Waals surface area (Å²) in [5, 5.41) is 6.67. The summed E-state index contributed by atoms with van der Waals surface area (Å²) in [7, 11) is 2.15. The fourth-order valence-electron chi connectivity index (χ4n) is 1.64. The van der Waals surface area contributed by atoms with Crippen LogP contribution in [-0.4, -0.2) is 49.4 Å². The molecule has 4 heteroatoms. The van der Waals surface area contributed by atoms with Crippen molar-refractivity contribution in [2.75, 3.05) is 33.2 Å². The first-order valence-corrected chi connectivity index (χ1v) is 6.55. The van der Waals surface area contributed by atoms with E-state index in [4.69, 9.17) is 0 Å². The molecular weight excluding hydrogens is 313 g/mol. The summed E-state index contributed by atoms with van der Waals surface area (Å²) in [6, 6.07) is 8.30. The molecule has 0 bridgehead atoms. The Morgan fingerprint density at radius 2 is 1.88 bits per heavy atom. The number of hydrogen-bond acceptors (Lipinski definition) is 3. The summed E-state index contributed by atoms with van der Waals surface area (Å²) in [4.78, 5) is 2.33. The number of hydrazone groups is 1. The van der Waals surface area contributed by atoms with E-state index >= 15 is 0 Å². The first-order valence-electron chi connectivity index (χ1n) is 5.48. The van der Waals surface area contributed by atoms with Gasteiger partial charge in [0.2, 0.25) is 0 Å². The van der Waals surface area contributed by atoms with Gasteiger partial charge in [0.15, 0.2) is 0 Å². The van der Waals surface area contributed by atoms with Crippen LogP contribution in [0.1, 0.15) is 5.56 Å². The van der Waals surface area contributed by atoms with Gasteiger partial charge in [-0.1, -0.05) is 18.2 Å². The van der Waals surface area contributed by atoms with Gasteiger partial charge in [-0.2, -0.15) is 5.10 Å². The van der Waals surface area contributed by atoms with Crippen LogP contribution in [0.2, 0.25) is 0 Å². The minimum absolute atomic E-state index is 1.02. The Labute approximate surface area is 110 Å². The second-order valence-electron chi connectivity index (χ2n) is 4.02. The molecule has 3 nitrogen and oxygen atoms in total. The second-order valence-corrected chi connectivity index (χ2v) is 5.19. The Morgan fingerprint density at radius 1 is 1.19 bits per heavy atom. The molecule has 0 radical (unpaired) electrons. The molecule has 1 fully saturated rings. The molecule has 0 N–H and O–H groups in total. The predicted molar refractivity (Wildman–Crippen MR) is 75.8 cm³/mol. The van der Waals surface area contributed by atoms with Crippen molar-refractivity contribution in [1.82, 2.24) is 9.91 Å². The maximum atomic E-state index is 4.53. The lowest BCUT2D eigenvalue weighted by Crippen LogP contribution is -2.41. The number of hydrogen-bond donors (Lipinski definition) is 0. The highest BCUT2D eigenvalue weighted by Gasteiger charge is 2.10. The van der Waals surface area contributed by atoms with Gasteiger partial charge in [0.25, 0.3) is 0 Å².